The van der Waals surface area contributed by atoms with Gasteiger partial charge in [0.25, 0.3) is 0 Å². The van der Waals surface area contributed by atoms with Gasteiger partial charge >= 0.3 is 0 Å². The van der Waals surface area contributed by atoms with Gasteiger partial charge in [-0.3, -0.25) is 4.90 Å². The standard InChI is InChI=1S/C21H32N6O2S/c1-30(28,29)20-8-6-19(7-9-20)27-21(22-23-24-27)17-26-14-10-18(11-15-26)16-25-12-4-2-3-5-13-25/h6-9,18H,2-5,10-17H2,1H3. The summed E-state index contributed by atoms with van der Waals surface area (Å²) < 4.78 is 25.0. The summed E-state index contributed by atoms with van der Waals surface area (Å²) in [5, 5.41) is 12.2. The van der Waals surface area contributed by atoms with Crippen molar-refractivity contribution < 1.29 is 8.42 Å². The van der Waals surface area contributed by atoms with E-state index in [-0.39, 0.29) is 0 Å². The number of hydrogen-bond donors (Lipinski definition) is 0. The molecule has 0 aliphatic carbocycles. The molecular weight excluding hydrogens is 400 g/mol. The van der Waals surface area contributed by atoms with E-state index in [4.69, 9.17) is 0 Å². The van der Waals surface area contributed by atoms with Gasteiger partial charge in [-0.05, 0) is 92.5 Å². The van der Waals surface area contributed by atoms with E-state index in [1.807, 2.05) is 0 Å². The molecule has 3 heterocycles. The minimum atomic E-state index is -3.21. The number of likely N-dealkylation sites (tertiary alicyclic amines) is 2. The zero-order valence-corrected chi connectivity index (χ0v) is 18.6. The second kappa shape index (κ2) is 9.53. The van der Waals surface area contributed by atoms with Gasteiger partial charge in [0.2, 0.25) is 0 Å². The molecule has 2 aliphatic heterocycles. The number of hydrogen-bond acceptors (Lipinski definition) is 7. The summed E-state index contributed by atoms with van der Waals surface area (Å²) in [6.45, 7) is 6.63. The van der Waals surface area contributed by atoms with E-state index in [1.165, 1.54) is 64.4 Å². The number of benzene rings is 1. The van der Waals surface area contributed by atoms with Crippen LogP contribution in [0, 0.1) is 5.92 Å². The predicted octanol–water partition coefficient (Wildman–Crippen LogP) is 2.15. The zero-order chi connectivity index (χ0) is 21.0. The van der Waals surface area contributed by atoms with Crippen molar-refractivity contribution in [1.29, 1.82) is 0 Å². The van der Waals surface area contributed by atoms with Crippen LogP contribution in [0.4, 0.5) is 0 Å². The van der Waals surface area contributed by atoms with Crippen LogP contribution < -0.4 is 0 Å². The smallest absolute Gasteiger partial charge is 0.175 e. The summed E-state index contributed by atoms with van der Waals surface area (Å²) in [7, 11) is -3.21. The minimum Gasteiger partial charge on any atom is -0.303 e. The molecule has 1 aromatic heterocycles. The van der Waals surface area contributed by atoms with E-state index < -0.39 is 9.84 Å². The molecule has 2 saturated heterocycles. The van der Waals surface area contributed by atoms with Crippen LogP contribution in [-0.2, 0) is 16.4 Å². The summed E-state index contributed by atoms with van der Waals surface area (Å²) in [4.78, 5) is 5.40. The van der Waals surface area contributed by atoms with Crippen molar-refractivity contribution in [3.05, 3.63) is 30.1 Å². The molecule has 8 nitrogen and oxygen atoms in total. The molecule has 30 heavy (non-hydrogen) atoms. The van der Waals surface area contributed by atoms with Crippen molar-refractivity contribution >= 4 is 9.84 Å². The molecule has 0 spiro atoms. The molecule has 2 aromatic rings. The third kappa shape index (κ3) is 5.44. The number of tetrazole rings is 1. The third-order valence-corrected chi connectivity index (χ3v) is 7.46. The van der Waals surface area contributed by atoms with Crippen LogP contribution >= 0.6 is 0 Å². The first-order valence-electron chi connectivity index (χ1n) is 11.0. The average molecular weight is 433 g/mol. The number of aromatic nitrogens is 4. The van der Waals surface area contributed by atoms with Gasteiger partial charge in [0, 0.05) is 12.8 Å². The number of nitrogens with zero attached hydrogens (tertiary/aromatic N) is 6. The maximum atomic E-state index is 11.7. The van der Waals surface area contributed by atoms with E-state index in [9.17, 15) is 8.42 Å². The Morgan fingerprint density at radius 1 is 0.933 bits per heavy atom. The lowest BCUT2D eigenvalue weighted by Gasteiger charge is -2.34. The molecule has 9 heteroatoms. The molecule has 0 N–H and O–H groups in total. The minimum absolute atomic E-state index is 0.298. The van der Waals surface area contributed by atoms with Crippen molar-refractivity contribution in [1.82, 2.24) is 30.0 Å². The quantitative estimate of drug-likeness (QED) is 0.691. The second-order valence-corrected chi connectivity index (χ2v) is 10.7. The van der Waals surface area contributed by atoms with Gasteiger partial charge in [-0.25, -0.2) is 8.42 Å². The van der Waals surface area contributed by atoms with E-state index in [0.29, 0.717) is 11.4 Å². The van der Waals surface area contributed by atoms with Crippen molar-refractivity contribution in [2.24, 2.45) is 5.92 Å². The van der Waals surface area contributed by atoms with Gasteiger partial charge in [0.1, 0.15) is 0 Å². The van der Waals surface area contributed by atoms with E-state index in [0.717, 1.165) is 30.5 Å². The molecule has 0 bridgehead atoms. The molecule has 0 unspecified atom stereocenters. The summed E-state index contributed by atoms with van der Waals surface area (Å²) in [6, 6.07) is 6.71. The van der Waals surface area contributed by atoms with Gasteiger partial charge in [0.05, 0.1) is 17.1 Å². The molecule has 164 valence electrons. The number of rotatable bonds is 6. The second-order valence-electron chi connectivity index (χ2n) is 8.71. The Bertz CT molecular complexity index is 911. The Kier molecular flexibility index (Phi) is 6.80. The van der Waals surface area contributed by atoms with Crippen molar-refractivity contribution in [2.45, 2.75) is 50.0 Å². The third-order valence-electron chi connectivity index (χ3n) is 6.33. The number of piperidine rings is 1. The first-order chi connectivity index (χ1) is 14.5. The van der Waals surface area contributed by atoms with Crippen LogP contribution in [0.2, 0.25) is 0 Å². The summed E-state index contributed by atoms with van der Waals surface area (Å²) in [6.07, 6.45) is 9.14. The highest BCUT2D eigenvalue weighted by molar-refractivity contribution is 7.90. The monoisotopic (exact) mass is 432 g/mol. The van der Waals surface area contributed by atoms with Crippen molar-refractivity contribution in [3.63, 3.8) is 0 Å². The summed E-state index contributed by atoms with van der Waals surface area (Å²) in [5.41, 5.74) is 0.776. The fraction of sp³-hybridized carbons (Fsp3) is 0.667. The van der Waals surface area contributed by atoms with E-state index in [1.54, 1.807) is 28.9 Å². The highest BCUT2D eigenvalue weighted by Crippen LogP contribution is 2.22. The highest BCUT2D eigenvalue weighted by Gasteiger charge is 2.23. The Hall–Kier alpha value is -1.84. The van der Waals surface area contributed by atoms with Gasteiger partial charge in [-0.1, -0.05) is 12.8 Å². The fourth-order valence-electron chi connectivity index (χ4n) is 4.55. The number of sulfone groups is 1. The molecule has 2 aliphatic rings. The van der Waals surface area contributed by atoms with Crippen LogP contribution in [0.5, 0.6) is 0 Å². The van der Waals surface area contributed by atoms with Crippen LogP contribution in [0.3, 0.4) is 0 Å². The molecule has 0 radical (unpaired) electrons. The van der Waals surface area contributed by atoms with Gasteiger partial charge < -0.3 is 4.90 Å². The maximum Gasteiger partial charge on any atom is 0.175 e. The average Bonchev–Trinajstić information content (AvgIpc) is 3.03. The molecule has 2 fully saturated rings. The molecule has 0 atom stereocenters. The largest absolute Gasteiger partial charge is 0.303 e. The van der Waals surface area contributed by atoms with Crippen LogP contribution in [0.15, 0.2) is 29.2 Å². The normalized spacial score (nSPS) is 20.3. The van der Waals surface area contributed by atoms with Crippen LogP contribution in [0.25, 0.3) is 5.69 Å². The molecular formula is C21H32N6O2S. The molecule has 0 saturated carbocycles. The molecule has 0 amide bonds. The Balaban J connectivity index is 1.32. The lowest BCUT2D eigenvalue weighted by Crippen LogP contribution is -2.39. The molecule has 4 rings (SSSR count). The lowest BCUT2D eigenvalue weighted by molar-refractivity contribution is 0.137. The van der Waals surface area contributed by atoms with Gasteiger partial charge in [-0.2, -0.15) is 4.68 Å². The summed E-state index contributed by atoms with van der Waals surface area (Å²) >= 11 is 0. The fourth-order valence-corrected chi connectivity index (χ4v) is 5.18. The topological polar surface area (TPSA) is 84.2 Å². The van der Waals surface area contributed by atoms with Crippen molar-refractivity contribution in [3.8, 4) is 5.69 Å². The zero-order valence-electron chi connectivity index (χ0n) is 17.8. The van der Waals surface area contributed by atoms with Crippen LogP contribution in [0.1, 0.15) is 44.3 Å². The van der Waals surface area contributed by atoms with E-state index >= 15 is 0 Å². The van der Waals surface area contributed by atoms with Gasteiger partial charge in [-0.15, -0.1) is 5.10 Å². The summed E-state index contributed by atoms with van der Waals surface area (Å²) in [5.74, 6) is 1.58. The molecule has 1 aromatic carbocycles. The Morgan fingerprint density at radius 2 is 1.60 bits per heavy atom. The Morgan fingerprint density at radius 3 is 2.23 bits per heavy atom. The Labute approximate surface area is 179 Å². The highest BCUT2D eigenvalue weighted by atomic mass is 32.2. The van der Waals surface area contributed by atoms with Crippen LogP contribution in [-0.4, -0.2) is 77.4 Å². The first kappa shape index (κ1) is 21.4. The predicted molar refractivity (Wildman–Crippen MR) is 115 cm³/mol. The van der Waals surface area contributed by atoms with Crippen molar-refractivity contribution in [2.75, 3.05) is 39.0 Å². The SMILES string of the molecule is CS(=O)(=O)c1ccc(-n2nnnc2CN2CCC(CN3CCCCCC3)CC2)cc1. The lowest BCUT2D eigenvalue weighted by atomic mass is 9.96. The maximum absolute atomic E-state index is 11.7. The van der Waals surface area contributed by atoms with E-state index in [2.05, 4.69) is 25.3 Å². The van der Waals surface area contributed by atoms with Gasteiger partial charge in [0.15, 0.2) is 15.7 Å². The first-order valence-corrected chi connectivity index (χ1v) is 12.9.